The molecule has 1 aromatic heterocycles. The van der Waals surface area contributed by atoms with Crippen LogP contribution in [0.1, 0.15) is 25.5 Å². The molecule has 1 heterocycles. The molecule has 96 valence electrons. The quantitative estimate of drug-likeness (QED) is 0.839. The first-order valence-electron chi connectivity index (χ1n) is 5.28. The largest absolute Gasteiger partial charge is 0.381 e. The minimum atomic E-state index is -1.55. The molecule has 0 aliphatic carbocycles. The number of hydrogen-bond acceptors (Lipinski definition) is 3. The molecular weight excluding hydrogens is 245 g/mol. The van der Waals surface area contributed by atoms with E-state index in [0.29, 0.717) is 5.69 Å². The van der Waals surface area contributed by atoms with Crippen molar-refractivity contribution in [2.24, 2.45) is 0 Å². The van der Waals surface area contributed by atoms with E-state index in [1.54, 1.807) is 0 Å². The standard InChI is InChI=1S/C11H11F3N4/c1-5(2)10-11(15)16-17-18(10)7-4-3-6(12)8(13)9(7)14/h3-5H,15H2,1-2H3. The van der Waals surface area contributed by atoms with Crippen LogP contribution in [0.15, 0.2) is 12.1 Å². The highest BCUT2D eigenvalue weighted by Gasteiger charge is 2.21. The predicted octanol–water partition coefficient (Wildman–Crippen LogP) is 2.39. The summed E-state index contributed by atoms with van der Waals surface area (Å²) >= 11 is 0. The Balaban J connectivity index is 2.67. The lowest BCUT2D eigenvalue weighted by atomic mass is 10.1. The highest BCUT2D eigenvalue weighted by atomic mass is 19.2. The third kappa shape index (κ3) is 1.81. The molecule has 1 aromatic carbocycles. The van der Waals surface area contributed by atoms with Crippen LogP contribution in [0.4, 0.5) is 19.0 Å². The molecular formula is C11H11F3N4. The molecule has 0 radical (unpaired) electrons. The van der Waals surface area contributed by atoms with Gasteiger partial charge in [-0.15, -0.1) is 5.10 Å². The van der Waals surface area contributed by atoms with Crippen LogP contribution in [0.5, 0.6) is 0 Å². The molecule has 2 aromatic rings. The zero-order chi connectivity index (χ0) is 13.4. The van der Waals surface area contributed by atoms with Crippen molar-refractivity contribution in [1.29, 1.82) is 0 Å². The van der Waals surface area contributed by atoms with Crippen LogP contribution in [0.2, 0.25) is 0 Å². The van der Waals surface area contributed by atoms with Crippen LogP contribution in [0.25, 0.3) is 5.69 Å². The molecule has 0 fully saturated rings. The Hall–Kier alpha value is -2.05. The monoisotopic (exact) mass is 256 g/mol. The fourth-order valence-corrected chi connectivity index (χ4v) is 1.70. The number of benzene rings is 1. The molecule has 4 nitrogen and oxygen atoms in total. The molecule has 0 amide bonds. The van der Waals surface area contributed by atoms with E-state index in [1.165, 1.54) is 0 Å². The molecule has 0 unspecified atom stereocenters. The third-order valence-electron chi connectivity index (χ3n) is 2.52. The maximum absolute atomic E-state index is 13.7. The Morgan fingerprint density at radius 1 is 1.17 bits per heavy atom. The second-order valence-corrected chi connectivity index (χ2v) is 4.12. The summed E-state index contributed by atoms with van der Waals surface area (Å²) < 4.78 is 40.8. The second kappa shape index (κ2) is 4.32. The number of nitrogens with two attached hydrogens (primary N) is 1. The summed E-state index contributed by atoms with van der Waals surface area (Å²) in [6, 6.07) is 1.92. The van der Waals surface area contributed by atoms with Crippen molar-refractivity contribution in [2.75, 3.05) is 5.73 Å². The molecule has 0 bridgehead atoms. The number of nitrogens with zero attached hydrogens (tertiary/aromatic N) is 3. The SMILES string of the molecule is CC(C)c1c(N)nnn1-c1ccc(F)c(F)c1F. The molecule has 0 aliphatic heterocycles. The first-order valence-corrected chi connectivity index (χ1v) is 5.28. The van der Waals surface area contributed by atoms with Gasteiger partial charge in [-0.2, -0.15) is 0 Å². The van der Waals surface area contributed by atoms with Crippen molar-refractivity contribution in [2.45, 2.75) is 19.8 Å². The molecule has 0 spiro atoms. The lowest BCUT2D eigenvalue weighted by Crippen LogP contribution is -2.09. The van der Waals surface area contributed by atoms with E-state index in [4.69, 9.17) is 5.73 Å². The smallest absolute Gasteiger partial charge is 0.196 e. The number of rotatable bonds is 2. The molecule has 7 heteroatoms. The summed E-state index contributed by atoms with van der Waals surface area (Å²) in [6.45, 7) is 3.62. The number of aromatic nitrogens is 3. The average Bonchev–Trinajstić information content (AvgIpc) is 2.68. The first kappa shape index (κ1) is 12.4. The Labute approximate surface area is 101 Å². The summed E-state index contributed by atoms with van der Waals surface area (Å²) in [5.41, 5.74) is 5.84. The van der Waals surface area contributed by atoms with Crippen molar-refractivity contribution in [3.8, 4) is 5.69 Å². The lowest BCUT2D eigenvalue weighted by Gasteiger charge is -2.10. The van der Waals surface area contributed by atoms with Crippen molar-refractivity contribution >= 4 is 5.82 Å². The topological polar surface area (TPSA) is 56.7 Å². The van der Waals surface area contributed by atoms with Gasteiger partial charge in [-0.05, 0) is 18.1 Å². The Kier molecular flexibility index (Phi) is 2.98. The van der Waals surface area contributed by atoms with Gasteiger partial charge in [0, 0.05) is 0 Å². The maximum Gasteiger partial charge on any atom is 0.196 e. The van der Waals surface area contributed by atoms with Crippen molar-refractivity contribution in [3.63, 3.8) is 0 Å². The average molecular weight is 256 g/mol. The number of anilines is 1. The normalized spacial score (nSPS) is 11.2. The second-order valence-electron chi connectivity index (χ2n) is 4.12. The predicted molar refractivity (Wildman–Crippen MR) is 59.7 cm³/mol. The van der Waals surface area contributed by atoms with Crippen LogP contribution in [0, 0.1) is 17.5 Å². The van der Waals surface area contributed by atoms with Gasteiger partial charge in [0.1, 0.15) is 5.69 Å². The highest BCUT2D eigenvalue weighted by Crippen LogP contribution is 2.25. The number of hydrogen-bond donors (Lipinski definition) is 1. The van der Waals surface area contributed by atoms with Crippen molar-refractivity contribution in [3.05, 3.63) is 35.3 Å². The van der Waals surface area contributed by atoms with E-state index in [0.717, 1.165) is 16.8 Å². The summed E-state index contributed by atoms with van der Waals surface area (Å²) in [4.78, 5) is 0. The van der Waals surface area contributed by atoms with Gasteiger partial charge in [0.25, 0.3) is 0 Å². The molecule has 2 rings (SSSR count). The zero-order valence-electron chi connectivity index (χ0n) is 9.78. The van der Waals surface area contributed by atoms with Crippen LogP contribution in [-0.4, -0.2) is 15.0 Å². The zero-order valence-corrected chi connectivity index (χ0v) is 9.78. The van der Waals surface area contributed by atoms with Crippen LogP contribution < -0.4 is 5.73 Å². The summed E-state index contributed by atoms with van der Waals surface area (Å²) in [7, 11) is 0. The molecule has 18 heavy (non-hydrogen) atoms. The Morgan fingerprint density at radius 3 is 2.44 bits per heavy atom. The van der Waals surface area contributed by atoms with Gasteiger partial charge in [0.15, 0.2) is 23.3 Å². The van der Waals surface area contributed by atoms with Gasteiger partial charge in [-0.25, -0.2) is 17.9 Å². The van der Waals surface area contributed by atoms with E-state index in [1.807, 2.05) is 13.8 Å². The van der Waals surface area contributed by atoms with E-state index >= 15 is 0 Å². The molecule has 0 saturated carbocycles. The van der Waals surface area contributed by atoms with Crippen LogP contribution >= 0.6 is 0 Å². The lowest BCUT2D eigenvalue weighted by molar-refractivity contribution is 0.441. The van der Waals surface area contributed by atoms with Gasteiger partial charge in [0.2, 0.25) is 0 Å². The number of halogens is 3. The van der Waals surface area contributed by atoms with Crippen LogP contribution in [0.3, 0.4) is 0 Å². The summed E-state index contributed by atoms with van der Waals surface area (Å²) in [6.07, 6.45) is 0. The minimum Gasteiger partial charge on any atom is -0.381 e. The van der Waals surface area contributed by atoms with E-state index in [2.05, 4.69) is 10.3 Å². The third-order valence-corrected chi connectivity index (χ3v) is 2.52. The fourth-order valence-electron chi connectivity index (χ4n) is 1.70. The van der Waals surface area contributed by atoms with E-state index in [-0.39, 0.29) is 17.4 Å². The van der Waals surface area contributed by atoms with Crippen LogP contribution in [-0.2, 0) is 0 Å². The molecule has 0 saturated heterocycles. The summed E-state index contributed by atoms with van der Waals surface area (Å²) in [5.74, 6) is -4.07. The van der Waals surface area contributed by atoms with Gasteiger partial charge < -0.3 is 5.73 Å². The molecule has 2 N–H and O–H groups in total. The van der Waals surface area contributed by atoms with Gasteiger partial charge in [0.05, 0.1) is 5.69 Å². The van der Waals surface area contributed by atoms with E-state index < -0.39 is 17.5 Å². The highest BCUT2D eigenvalue weighted by molar-refractivity contribution is 5.43. The van der Waals surface area contributed by atoms with Gasteiger partial charge in [-0.3, -0.25) is 0 Å². The van der Waals surface area contributed by atoms with E-state index in [9.17, 15) is 13.2 Å². The molecule has 0 aliphatic rings. The Morgan fingerprint density at radius 2 is 1.83 bits per heavy atom. The van der Waals surface area contributed by atoms with Crippen molar-refractivity contribution < 1.29 is 13.2 Å². The number of nitrogen functional groups attached to an aromatic ring is 1. The minimum absolute atomic E-state index is 0.0903. The van der Waals surface area contributed by atoms with Gasteiger partial charge >= 0.3 is 0 Å². The first-order chi connectivity index (χ1) is 8.43. The molecule has 0 atom stereocenters. The fraction of sp³-hybridized carbons (Fsp3) is 0.273. The Bertz CT molecular complexity index is 592. The van der Waals surface area contributed by atoms with Gasteiger partial charge in [-0.1, -0.05) is 19.1 Å². The maximum atomic E-state index is 13.7. The summed E-state index contributed by atoms with van der Waals surface area (Å²) in [5, 5.41) is 7.27. The van der Waals surface area contributed by atoms with Crippen molar-refractivity contribution in [1.82, 2.24) is 15.0 Å².